The summed E-state index contributed by atoms with van der Waals surface area (Å²) in [5, 5.41) is 0. The second kappa shape index (κ2) is 6.54. The van der Waals surface area contributed by atoms with Crippen molar-refractivity contribution in [2.75, 3.05) is 14.1 Å². The second-order valence-electron chi connectivity index (χ2n) is 6.97. The summed E-state index contributed by atoms with van der Waals surface area (Å²) in [6.45, 7) is 8.07. The van der Waals surface area contributed by atoms with Crippen molar-refractivity contribution in [3.8, 4) is 5.69 Å². The summed E-state index contributed by atoms with van der Waals surface area (Å²) in [5.41, 5.74) is 6.09. The lowest BCUT2D eigenvalue weighted by Crippen LogP contribution is -2.52. The van der Waals surface area contributed by atoms with E-state index in [2.05, 4.69) is 30.5 Å². The molecule has 0 spiro atoms. The SMILES string of the molecule is Cc1cccc(C)c1-n1c(C)cc(C=C2C(=O)N(C)C(=O)N(C)C2=O)c1C. The smallest absolute Gasteiger partial charge is 0.317 e. The van der Waals surface area contributed by atoms with Crippen LogP contribution in [0.2, 0.25) is 0 Å². The summed E-state index contributed by atoms with van der Waals surface area (Å²) >= 11 is 0. The van der Waals surface area contributed by atoms with Crippen LogP contribution in [0, 0.1) is 27.7 Å². The van der Waals surface area contributed by atoms with Crippen LogP contribution >= 0.6 is 0 Å². The first-order chi connectivity index (χ1) is 12.6. The number of amides is 4. The summed E-state index contributed by atoms with van der Waals surface area (Å²) in [5.74, 6) is -1.17. The van der Waals surface area contributed by atoms with Gasteiger partial charge in [0, 0.05) is 25.5 Å². The predicted molar refractivity (Wildman–Crippen MR) is 104 cm³/mol. The minimum atomic E-state index is -0.622. The Hall–Kier alpha value is -3.15. The molecule has 6 nitrogen and oxygen atoms in total. The number of aromatic nitrogens is 1. The van der Waals surface area contributed by atoms with E-state index in [-0.39, 0.29) is 5.57 Å². The third kappa shape index (κ3) is 2.87. The van der Waals surface area contributed by atoms with Crippen LogP contribution in [0.25, 0.3) is 11.8 Å². The van der Waals surface area contributed by atoms with E-state index in [0.717, 1.165) is 43.6 Å². The number of likely N-dealkylation sites (N-methyl/N-ethyl adjacent to an activating group) is 2. The van der Waals surface area contributed by atoms with E-state index in [4.69, 9.17) is 0 Å². The zero-order valence-corrected chi connectivity index (χ0v) is 16.5. The number of benzene rings is 1. The highest BCUT2D eigenvalue weighted by Gasteiger charge is 2.38. The maximum Gasteiger partial charge on any atom is 0.333 e. The van der Waals surface area contributed by atoms with E-state index in [1.165, 1.54) is 14.1 Å². The molecular formula is C21H23N3O3. The van der Waals surface area contributed by atoms with E-state index in [1.807, 2.05) is 26.0 Å². The maximum atomic E-state index is 12.5. The molecule has 1 aromatic carbocycles. The van der Waals surface area contributed by atoms with Gasteiger partial charge in [0.2, 0.25) is 0 Å². The number of carbonyl (C=O) groups excluding carboxylic acids is 3. The quantitative estimate of drug-likeness (QED) is 0.607. The van der Waals surface area contributed by atoms with Gasteiger partial charge in [-0.3, -0.25) is 19.4 Å². The lowest BCUT2D eigenvalue weighted by atomic mass is 10.1. The minimum Gasteiger partial charge on any atom is -0.317 e. The Morgan fingerprint density at radius 3 is 1.89 bits per heavy atom. The third-order valence-corrected chi connectivity index (χ3v) is 5.08. The molecule has 0 unspecified atom stereocenters. The van der Waals surface area contributed by atoms with Gasteiger partial charge in [-0.25, -0.2) is 4.79 Å². The molecule has 1 aliphatic heterocycles. The molecule has 0 aliphatic carbocycles. The summed E-state index contributed by atoms with van der Waals surface area (Å²) in [4.78, 5) is 38.7. The van der Waals surface area contributed by atoms with Crippen molar-refractivity contribution in [2.24, 2.45) is 0 Å². The van der Waals surface area contributed by atoms with Gasteiger partial charge in [-0.1, -0.05) is 18.2 Å². The van der Waals surface area contributed by atoms with Crippen LogP contribution in [-0.2, 0) is 9.59 Å². The first-order valence-corrected chi connectivity index (χ1v) is 8.72. The molecule has 27 heavy (non-hydrogen) atoms. The Kier molecular flexibility index (Phi) is 4.51. The number of rotatable bonds is 2. The monoisotopic (exact) mass is 365 g/mol. The normalized spacial score (nSPS) is 15.0. The highest BCUT2D eigenvalue weighted by atomic mass is 16.2. The van der Waals surface area contributed by atoms with Crippen molar-refractivity contribution in [3.63, 3.8) is 0 Å². The number of urea groups is 1. The van der Waals surface area contributed by atoms with Crippen molar-refractivity contribution in [3.05, 3.63) is 57.9 Å². The average Bonchev–Trinajstić information content (AvgIpc) is 2.89. The fraction of sp³-hybridized carbons (Fsp3) is 0.286. The molecule has 6 heteroatoms. The molecular weight excluding hydrogens is 342 g/mol. The van der Waals surface area contributed by atoms with Gasteiger partial charge in [-0.05, 0) is 56.5 Å². The highest BCUT2D eigenvalue weighted by Crippen LogP contribution is 2.28. The molecule has 3 rings (SSSR count). The van der Waals surface area contributed by atoms with Gasteiger partial charge in [0.1, 0.15) is 5.57 Å². The molecule has 140 valence electrons. The molecule has 2 heterocycles. The molecule has 1 aromatic heterocycles. The Morgan fingerprint density at radius 2 is 1.37 bits per heavy atom. The number of aryl methyl sites for hydroxylation is 3. The lowest BCUT2D eigenvalue weighted by molar-refractivity contribution is -0.134. The Bertz CT molecular complexity index is 968. The van der Waals surface area contributed by atoms with Crippen molar-refractivity contribution in [2.45, 2.75) is 27.7 Å². The summed E-state index contributed by atoms with van der Waals surface area (Å²) < 4.78 is 2.13. The van der Waals surface area contributed by atoms with Crippen LogP contribution < -0.4 is 0 Å². The summed E-state index contributed by atoms with van der Waals surface area (Å²) in [6.07, 6.45) is 1.58. The predicted octanol–water partition coefficient (Wildman–Crippen LogP) is 3.14. The van der Waals surface area contributed by atoms with Crippen LogP contribution in [0.15, 0.2) is 29.8 Å². The summed E-state index contributed by atoms with van der Waals surface area (Å²) in [7, 11) is 2.75. The van der Waals surface area contributed by atoms with Gasteiger partial charge in [-0.15, -0.1) is 0 Å². The van der Waals surface area contributed by atoms with Gasteiger partial charge in [0.15, 0.2) is 0 Å². The molecule has 2 aromatic rings. The molecule has 0 radical (unpaired) electrons. The van der Waals surface area contributed by atoms with Gasteiger partial charge >= 0.3 is 6.03 Å². The van der Waals surface area contributed by atoms with Crippen LogP contribution in [0.1, 0.15) is 28.1 Å². The highest BCUT2D eigenvalue weighted by molar-refractivity contribution is 6.30. The van der Waals surface area contributed by atoms with Crippen molar-refractivity contribution < 1.29 is 14.4 Å². The van der Waals surface area contributed by atoms with Gasteiger partial charge in [0.25, 0.3) is 11.8 Å². The summed E-state index contributed by atoms with van der Waals surface area (Å²) in [6, 6.07) is 7.47. The van der Waals surface area contributed by atoms with E-state index in [9.17, 15) is 14.4 Å². The van der Waals surface area contributed by atoms with Crippen LogP contribution in [0.5, 0.6) is 0 Å². The fourth-order valence-electron chi connectivity index (χ4n) is 3.57. The van der Waals surface area contributed by atoms with Gasteiger partial charge in [-0.2, -0.15) is 0 Å². The molecule has 0 atom stereocenters. The molecule has 4 amide bonds. The number of hydrogen-bond donors (Lipinski definition) is 0. The zero-order valence-electron chi connectivity index (χ0n) is 16.5. The minimum absolute atomic E-state index is 0.0126. The molecule has 1 aliphatic rings. The van der Waals surface area contributed by atoms with Gasteiger partial charge in [0.05, 0.1) is 5.69 Å². The van der Waals surface area contributed by atoms with Crippen LogP contribution in [0.4, 0.5) is 4.79 Å². The first kappa shape index (κ1) is 18.6. The lowest BCUT2D eigenvalue weighted by Gasteiger charge is -2.28. The van der Waals surface area contributed by atoms with E-state index < -0.39 is 17.8 Å². The zero-order chi connectivity index (χ0) is 20.0. The van der Waals surface area contributed by atoms with E-state index >= 15 is 0 Å². The molecule has 0 bridgehead atoms. The Labute approximate surface area is 158 Å². The van der Waals surface area contributed by atoms with Crippen LogP contribution in [-0.4, -0.2) is 46.3 Å². The molecule has 1 saturated heterocycles. The number of imide groups is 2. The van der Waals surface area contributed by atoms with Crippen LogP contribution in [0.3, 0.4) is 0 Å². The number of carbonyl (C=O) groups is 3. The van der Waals surface area contributed by atoms with Crippen molar-refractivity contribution >= 4 is 23.9 Å². The Balaban J connectivity index is 2.15. The molecule has 0 N–H and O–H groups in total. The molecule has 1 fully saturated rings. The Morgan fingerprint density at radius 1 is 0.852 bits per heavy atom. The van der Waals surface area contributed by atoms with E-state index in [0.29, 0.717) is 0 Å². The first-order valence-electron chi connectivity index (χ1n) is 8.72. The number of hydrogen-bond acceptors (Lipinski definition) is 3. The second-order valence-corrected chi connectivity index (χ2v) is 6.97. The number of barbiturate groups is 1. The fourth-order valence-corrected chi connectivity index (χ4v) is 3.57. The van der Waals surface area contributed by atoms with Gasteiger partial charge < -0.3 is 4.57 Å². The average molecular weight is 365 g/mol. The number of nitrogens with zero attached hydrogens (tertiary/aromatic N) is 3. The van der Waals surface area contributed by atoms with Crippen molar-refractivity contribution in [1.29, 1.82) is 0 Å². The number of para-hydroxylation sites is 1. The van der Waals surface area contributed by atoms with E-state index in [1.54, 1.807) is 6.08 Å². The molecule has 0 saturated carbocycles. The maximum absolute atomic E-state index is 12.5. The van der Waals surface area contributed by atoms with Crippen molar-refractivity contribution in [1.82, 2.24) is 14.4 Å². The largest absolute Gasteiger partial charge is 0.333 e. The third-order valence-electron chi connectivity index (χ3n) is 5.08. The standard InChI is InChI=1S/C21H23N3O3/c1-12-8-7-9-13(2)18(12)24-14(3)10-16(15(24)4)11-17-19(25)22(5)21(27)23(6)20(17)26/h7-11H,1-6H3. The topological polar surface area (TPSA) is 62.6 Å².